The third-order valence-corrected chi connectivity index (χ3v) is 5.69. The minimum Gasteiger partial charge on any atom is -0.493 e. The molecule has 1 atom stereocenters. The van der Waals surface area contributed by atoms with Crippen molar-refractivity contribution in [1.29, 1.82) is 0 Å². The highest BCUT2D eigenvalue weighted by Crippen LogP contribution is 2.43. The number of hydrazone groups is 1. The molecule has 0 spiro atoms. The largest absolute Gasteiger partial charge is 0.493 e. The van der Waals surface area contributed by atoms with Gasteiger partial charge in [-0.3, -0.25) is 5.01 Å². The summed E-state index contributed by atoms with van der Waals surface area (Å²) in [5.74, 6) is 2.23. The lowest BCUT2D eigenvalue weighted by Gasteiger charge is -2.26. The summed E-state index contributed by atoms with van der Waals surface area (Å²) in [6, 6.07) is 17.6. The number of benzene rings is 3. The van der Waals surface area contributed by atoms with Gasteiger partial charge in [0.15, 0.2) is 23.0 Å². The molecule has 3 aromatic rings. The van der Waals surface area contributed by atoms with Crippen molar-refractivity contribution in [2.24, 2.45) is 5.10 Å². The standard InChI is InChI=1S/C27H27FN2O4/c1-31-24-12-5-8-18(26(24)33-3)14-15-20-17-23(22-11-7-13-25(32-2)27(22)34-4)30(29-20)21-10-6-9-19(28)16-21/h5-16,23H,17H2,1-4H3. The highest BCUT2D eigenvalue weighted by molar-refractivity contribution is 6.01. The molecule has 3 aromatic carbocycles. The highest BCUT2D eigenvalue weighted by atomic mass is 19.1. The van der Waals surface area contributed by atoms with Crippen LogP contribution in [0.15, 0.2) is 71.8 Å². The maximum atomic E-state index is 14.1. The van der Waals surface area contributed by atoms with Gasteiger partial charge in [-0.1, -0.05) is 30.3 Å². The molecule has 34 heavy (non-hydrogen) atoms. The van der Waals surface area contributed by atoms with E-state index in [1.807, 2.05) is 59.6 Å². The number of hydrogen-bond donors (Lipinski definition) is 0. The zero-order chi connectivity index (χ0) is 24.1. The van der Waals surface area contributed by atoms with E-state index in [4.69, 9.17) is 24.0 Å². The highest BCUT2D eigenvalue weighted by Gasteiger charge is 2.31. The Morgan fingerprint density at radius 3 is 2.18 bits per heavy atom. The topological polar surface area (TPSA) is 52.5 Å². The Morgan fingerprint density at radius 1 is 0.824 bits per heavy atom. The molecule has 1 unspecified atom stereocenters. The Labute approximate surface area is 198 Å². The van der Waals surface area contributed by atoms with Crippen molar-refractivity contribution in [2.45, 2.75) is 12.5 Å². The number of ether oxygens (including phenoxy) is 4. The van der Waals surface area contributed by atoms with Crippen molar-refractivity contribution in [2.75, 3.05) is 33.4 Å². The molecule has 0 radical (unpaired) electrons. The maximum absolute atomic E-state index is 14.1. The van der Waals surface area contributed by atoms with Crippen LogP contribution in [0.3, 0.4) is 0 Å². The number of hydrogen-bond acceptors (Lipinski definition) is 6. The lowest BCUT2D eigenvalue weighted by atomic mass is 9.99. The molecule has 1 aliphatic heterocycles. The fraction of sp³-hybridized carbons (Fsp3) is 0.222. The number of rotatable bonds is 8. The molecule has 0 saturated heterocycles. The minimum atomic E-state index is -0.325. The van der Waals surface area contributed by atoms with Crippen molar-refractivity contribution in [3.63, 3.8) is 0 Å². The van der Waals surface area contributed by atoms with Crippen LogP contribution < -0.4 is 24.0 Å². The molecule has 1 heterocycles. The van der Waals surface area contributed by atoms with Gasteiger partial charge in [0, 0.05) is 17.5 Å². The first-order chi connectivity index (χ1) is 16.6. The molecule has 176 valence electrons. The number of para-hydroxylation sites is 2. The molecule has 1 aliphatic rings. The molecule has 0 bridgehead atoms. The molecule has 6 nitrogen and oxygen atoms in total. The van der Waals surface area contributed by atoms with Crippen molar-refractivity contribution in [1.82, 2.24) is 0 Å². The Balaban J connectivity index is 1.74. The van der Waals surface area contributed by atoms with Crippen molar-refractivity contribution >= 4 is 17.5 Å². The summed E-state index contributed by atoms with van der Waals surface area (Å²) in [7, 11) is 6.43. The van der Waals surface area contributed by atoms with Crippen LogP contribution in [0.4, 0.5) is 10.1 Å². The van der Waals surface area contributed by atoms with E-state index in [1.54, 1.807) is 34.5 Å². The van der Waals surface area contributed by atoms with Gasteiger partial charge < -0.3 is 18.9 Å². The number of anilines is 1. The third-order valence-electron chi connectivity index (χ3n) is 5.69. The molecule has 0 amide bonds. The normalized spacial score (nSPS) is 15.4. The molecule has 0 aromatic heterocycles. The maximum Gasteiger partial charge on any atom is 0.167 e. The third kappa shape index (κ3) is 4.55. The lowest BCUT2D eigenvalue weighted by molar-refractivity contribution is 0.349. The number of halogens is 1. The van der Waals surface area contributed by atoms with Crippen LogP contribution in [-0.4, -0.2) is 34.2 Å². The molecule has 0 saturated carbocycles. The first-order valence-electron chi connectivity index (χ1n) is 10.8. The molecular weight excluding hydrogens is 435 g/mol. The molecular formula is C27H27FN2O4. The second kappa shape index (κ2) is 10.3. The van der Waals surface area contributed by atoms with Gasteiger partial charge in [0.05, 0.1) is 45.9 Å². The summed E-state index contributed by atoms with van der Waals surface area (Å²) in [5, 5.41) is 6.65. The quantitative estimate of drug-likeness (QED) is 0.418. The average molecular weight is 463 g/mol. The van der Waals surface area contributed by atoms with E-state index >= 15 is 0 Å². The van der Waals surface area contributed by atoms with E-state index < -0.39 is 0 Å². The zero-order valence-corrected chi connectivity index (χ0v) is 19.6. The summed E-state index contributed by atoms with van der Waals surface area (Å²) in [6.07, 6.45) is 4.47. The van der Waals surface area contributed by atoms with Crippen LogP contribution in [0.2, 0.25) is 0 Å². The van der Waals surface area contributed by atoms with Gasteiger partial charge in [0.2, 0.25) is 0 Å². The molecule has 7 heteroatoms. The zero-order valence-electron chi connectivity index (χ0n) is 19.6. The van der Waals surface area contributed by atoms with E-state index in [1.165, 1.54) is 12.1 Å². The molecule has 0 aliphatic carbocycles. The summed E-state index contributed by atoms with van der Waals surface area (Å²) in [6.45, 7) is 0. The van der Waals surface area contributed by atoms with Gasteiger partial charge in [-0.25, -0.2) is 4.39 Å². The van der Waals surface area contributed by atoms with Gasteiger partial charge >= 0.3 is 0 Å². The number of allylic oxidation sites excluding steroid dienone is 1. The number of nitrogens with zero attached hydrogens (tertiary/aromatic N) is 2. The number of methoxy groups -OCH3 is 4. The van der Waals surface area contributed by atoms with Crippen LogP contribution >= 0.6 is 0 Å². The lowest BCUT2D eigenvalue weighted by Crippen LogP contribution is -2.19. The van der Waals surface area contributed by atoms with Crippen LogP contribution in [-0.2, 0) is 0 Å². The van der Waals surface area contributed by atoms with E-state index in [0.29, 0.717) is 35.1 Å². The van der Waals surface area contributed by atoms with Crippen LogP contribution in [0.5, 0.6) is 23.0 Å². The summed E-state index contributed by atoms with van der Waals surface area (Å²) < 4.78 is 36.2. The summed E-state index contributed by atoms with van der Waals surface area (Å²) in [5.41, 5.74) is 3.24. The van der Waals surface area contributed by atoms with E-state index in [2.05, 4.69) is 0 Å². The van der Waals surface area contributed by atoms with Gasteiger partial charge in [-0.2, -0.15) is 5.10 Å². The smallest absolute Gasteiger partial charge is 0.167 e. The first-order valence-corrected chi connectivity index (χ1v) is 10.8. The Bertz CT molecular complexity index is 1230. The Hall–Kier alpha value is -4.00. The van der Waals surface area contributed by atoms with Crippen molar-refractivity contribution in [3.8, 4) is 23.0 Å². The fourth-order valence-electron chi connectivity index (χ4n) is 4.14. The van der Waals surface area contributed by atoms with Gasteiger partial charge in [0.25, 0.3) is 0 Å². The van der Waals surface area contributed by atoms with Crippen LogP contribution in [0, 0.1) is 5.82 Å². The van der Waals surface area contributed by atoms with E-state index in [-0.39, 0.29) is 11.9 Å². The summed E-state index contributed by atoms with van der Waals surface area (Å²) >= 11 is 0. The second-order valence-corrected chi connectivity index (χ2v) is 7.63. The van der Waals surface area contributed by atoms with Crippen molar-refractivity contribution < 1.29 is 23.3 Å². The van der Waals surface area contributed by atoms with E-state index in [0.717, 1.165) is 16.8 Å². The first kappa shape index (κ1) is 23.2. The van der Waals surface area contributed by atoms with Gasteiger partial charge in [-0.15, -0.1) is 0 Å². The predicted molar refractivity (Wildman–Crippen MR) is 132 cm³/mol. The van der Waals surface area contributed by atoms with Gasteiger partial charge in [-0.05, 0) is 42.5 Å². The van der Waals surface area contributed by atoms with Crippen LogP contribution in [0.25, 0.3) is 6.08 Å². The molecule has 4 rings (SSSR count). The Morgan fingerprint density at radius 2 is 1.50 bits per heavy atom. The molecule has 0 N–H and O–H groups in total. The second-order valence-electron chi connectivity index (χ2n) is 7.63. The average Bonchev–Trinajstić information content (AvgIpc) is 3.30. The monoisotopic (exact) mass is 462 g/mol. The van der Waals surface area contributed by atoms with E-state index in [9.17, 15) is 4.39 Å². The fourth-order valence-corrected chi connectivity index (χ4v) is 4.14. The molecule has 0 fully saturated rings. The predicted octanol–water partition coefficient (Wildman–Crippen LogP) is 5.88. The van der Waals surface area contributed by atoms with Gasteiger partial charge in [0.1, 0.15) is 5.82 Å². The summed E-state index contributed by atoms with van der Waals surface area (Å²) in [4.78, 5) is 0. The van der Waals surface area contributed by atoms with Crippen molar-refractivity contribution in [3.05, 3.63) is 83.7 Å². The minimum absolute atomic E-state index is 0.210. The van der Waals surface area contributed by atoms with Crippen LogP contribution in [0.1, 0.15) is 23.6 Å². The SMILES string of the molecule is COc1cccc(C=CC2=NN(c3cccc(F)c3)C(c3cccc(OC)c3OC)C2)c1OC. The Kier molecular flexibility index (Phi) is 7.01.